The largest absolute Gasteiger partial charge is 0.481 e. The van der Waals surface area contributed by atoms with E-state index in [2.05, 4.69) is 29.8 Å². The van der Waals surface area contributed by atoms with E-state index < -0.39 is 11.4 Å². The maximum absolute atomic E-state index is 11.6. The topological polar surface area (TPSA) is 37.3 Å². The molecule has 0 amide bonds. The van der Waals surface area contributed by atoms with Crippen molar-refractivity contribution in [3.8, 4) is 0 Å². The SMILES string of the molecule is CC(C)c1ccc(Br)cc1C1(C(=O)O)CCC1. The first kappa shape index (κ1) is 12.6. The standard InChI is InChI=1S/C14H17BrO2/c1-9(2)11-5-4-10(15)8-12(11)14(13(16)17)6-3-7-14/h4-5,8-9H,3,6-7H2,1-2H3,(H,16,17). The van der Waals surface area contributed by atoms with Crippen LogP contribution >= 0.6 is 15.9 Å². The second-order valence-corrected chi connectivity index (χ2v) is 6.04. The zero-order valence-corrected chi connectivity index (χ0v) is 11.8. The highest BCUT2D eigenvalue weighted by atomic mass is 79.9. The van der Waals surface area contributed by atoms with Crippen molar-refractivity contribution in [1.82, 2.24) is 0 Å². The summed E-state index contributed by atoms with van der Waals surface area (Å²) < 4.78 is 0.962. The summed E-state index contributed by atoms with van der Waals surface area (Å²) in [6.07, 6.45) is 2.54. The van der Waals surface area contributed by atoms with E-state index in [0.717, 1.165) is 34.9 Å². The first-order valence-corrected chi connectivity index (χ1v) is 6.80. The van der Waals surface area contributed by atoms with Crippen LogP contribution in [0.1, 0.15) is 50.2 Å². The minimum Gasteiger partial charge on any atom is -0.481 e. The Morgan fingerprint density at radius 3 is 2.47 bits per heavy atom. The molecule has 17 heavy (non-hydrogen) atoms. The fourth-order valence-electron chi connectivity index (χ4n) is 2.58. The molecule has 1 aromatic carbocycles. The minimum absolute atomic E-state index is 0.356. The molecule has 3 heteroatoms. The summed E-state index contributed by atoms with van der Waals surface area (Å²) in [5.74, 6) is -0.321. The summed E-state index contributed by atoms with van der Waals surface area (Å²) in [6, 6.07) is 6.03. The number of carboxylic acids is 1. The summed E-state index contributed by atoms with van der Waals surface area (Å²) in [6.45, 7) is 4.22. The molecular formula is C14H17BrO2. The first-order chi connectivity index (χ1) is 7.97. The van der Waals surface area contributed by atoms with E-state index in [-0.39, 0.29) is 0 Å². The fraction of sp³-hybridized carbons (Fsp3) is 0.500. The summed E-state index contributed by atoms with van der Waals surface area (Å²) in [4.78, 5) is 11.6. The van der Waals surface area contributed by atoms with Crippen LogP contribution < -0.4 is 0 Å². The number of hydrogen-bond donors (Lipinski definition) is 1. The Kier molecular flexibility index (Phi) is 3.30. The van der Waals surface area contributed by atoms with E-state index in [0.29, 0.717) is 5.92 Å². The summed E-state index contributed by atoms with van der Waals surface area (Å²) >= 11 is 3.45. The molecule has 0 saturated heterocycles. The Hall–Kier alpha value is -0.830. The van der Waals surface area contributed by atoms with Crippen LogP contribution in [0.4, 0.5) is 0 Å². The second-order valence-electron chi connectivity index (χ2n) is 5.13. The zero-order chi connectivity index (χ0) is 12.6. The lowest BCUT2D eigenvalue weighted by molar-refractivity contribution is -0.147. The summed E-state index contributed by atoms with van der Waals surface area (Å²) in [5, 5.41) is 9.52. The molecule has 0 bridgehead atoms. The number of halogens is 1. The van der Waals surface area contributed by atoms with Gasteiger partial charge in [-0.1, -0.05) is 42.3 Å². The number of carbonyl (C=O) groups is 1. The van der Waals surface area contributed by atoms with Gasteiger partial charge in [0.15, 0.2) is 0 Å². The van der Waals surface area contributed by atoms with Gasteiger partial charge in [0, 0.05) is 4.47 Å². The van der Waals surface area contributed by atoms with Crippen LogP contribution in [0.3, 0.4) is 0 Å². The highest BCUT2D eigenvalue weighted by Gasteiger charge is 2.47. The van der Waals surface area contributed by atoms with E-state index in [4.69, 9.17) is 0 Å². The van der Waals surface area contributed by atoms with Crippen molar-refractivity contribution in [1.29, 1.82) is 0 Å². The molecule has 1 N–H and O–H groups in total. The number of rotatable bonds is 3. The van der Waals surface area contributed by atoms with Crippen molar-refractivity contribution in [3.05, 3.63) is 33.8 Å². The molecule has 0 radical (unpaired) electrons. The predicted molar refractivity (Wildman–Crippen MR) is 71.4 cm³/mol. The lowest BCUT2D eigenvalue weighted by Gasteiger charge is -2.40. The van der Waals surface area contributed by atoms with E-state index in [9.17, 15) is 9.90 Å². The number of aliphatic carboxylic acids is 1. The molecule has 0 atom stereocenters. The quantitative estimate of drug-likeness (QED) is 0.912. The van der Waals surface area contributed by atoms with Crippen LogP contribution in [-0.2, 0) is 10.2 Å². The molecule has 0 spiro atoms. The van der Waals surface area contributed by atoms with E-state index in [1.807, 2.05) is 18.2 Å². The van der Waals surface area contributed by atoms with Gasteiger partial charge in [-0.3, -0.25) is 4.79 Å². The van der Waals surface area contributed by atoms with Gasteiger partial charge in [0.25, 0.3) is 0 Å². The number of hydrogen-bond acceptors (Lipinski definition) is 1. The lowest BCUT2D eigenvalue weighted by atomic mass is 9.62. The normalized spacial score (nSPS) is 17.9. The van der Waals surface area contributed by atoms with Crippen molar-refractivity contribution in [3.63, 3.8) is 0 Å². The molecule has 1 aromatic rings. The van der Waals surface area contributed by atoms with Gasteiger partial charge >= 0.3 is 5.97 Å². The van der Waals surface area contributed by atoms with Crippen molar-refractivity contribution < 1.29 is 9.90 Å². The zero-order valence-electron chi connectivity index (χ0n) is 10.2. The van der Waals surface area contributed by atoms with Crippen molar-refractivity contribution in [2.45, 2.75) is 44.4 Å². The molecule has 1 aliphatic carbocycles. The van der Waals surface area contributed by atoms with E-state index in [1.54, 1.807) is 0 Å². The number of carboxylic acid groups (broad SMARTS) is 1. The van der Waals surface area contributed by atoms with Crippen LogP contribution in [0.25, 0.3) is 0 Å². The molecule has 0 unspecified atom stereocenters. The average molecular weight is 297 g/mol. The van der Waals surface area contributed by atoms with Crippen molar-refractivity contribution in [2.24, 2.45) is 0 Å². The summed E-state index contributed by atoms with van der Waals surface area (Å²) in [7, 11) is 0. The second kappa shape index (κ2) is 4.45. The van der Waals surface area contributed by atoms with Crippen LogP contribution in [0.5, 0.6) is 0 Å². The lowest BCUT2D eigenvalue weighted by Crippen LogP contribution is -2.43. The number of benzene rings is 1. The van der Waals surface area contributed by atoms with Gasteiger partial charge in [-0.05, 0) is 42.0 Å². The Labute approximate surface area is 110 Å². The van der Waals surface area contributed by atoms with Gasteiger partial charge in [0.1, 0.15) is 0 Å². The average Bonchev–Trinajstić information content (AvgIpc) is 2.14. The van der Waals surface area contributed by atoms with Gasteiger partial charge < -0.3 is 5.11 Å². The van der Waals surface area contributed by atoms with Gasteiger partial charge in [-0.2, -0.15) is 0 Å². The first-order valence-electron chi connectivity index (χ1n) is 6.01. The van der Waals surface area contributed by atoms with Gasteiger partial charge in [0.05, 0.1) is 5.41 Å². The molecule has 1 fully saturated rings. The van der Waals surface area contributed by atoms with E-state index >= 15 is 0 Å². The van der Waals surface area contributed by atoms with Gasteiger partial charge in [-0.15, -0.1) is 0 Å². The fourth-order valence-corrected chi connectivity index (χ4v) is 2.94. The predicted octanol–water partition coefficient (Wildman–Crippen LogP) is 4.08. The maximum atomic E-state index is 11.6. The third-order valence-electron chi connectivity index (χ3n) is 3.77. The Bertz CT molecular complexity index is 448. The molecule has 0 aromatic heterocycles. The Morgan fingerprint density at radius 1 is 1.41 bits per heavy atom. The third kappa shape index (κ3) is 2.01. The minimum atomic E-state index is -0.677. The molecule has 2 nitrogen and oxygen atoms in total. The smallest absolute Gasteiger partial charge is 0.314 e. The summed E-state index contributed by atoms with van der Waals surface area (Å²) in [5.41, 5.74) is 1.53. The van der Waals surface area contributed by atoms with Crippen LogP contribution in [0, 0.1) is 0 Å². The van der Waals surface area contributed by atoms with Crippen molar-refractivity contribution in [2.75, 3.05) is 0 Å². The molecule has 0 heterocycles. The third-order valence-corrected chi connectivity index (χ3v) is 4.26. The monoisotopic (exact) mass is 296 g/mol. The van der Waals surface area contributed by atoms with E-state index in [1.165, 1.54) is 0 Å². The van der Waals surface area contributed by atoms with Crippen LogP contribution in [0.15, 0.2) is 22.7 Å². The molecule has 2 rings (SSSR count). The molecule has 0 aliphatic heterocycles. The Balaban J connectivity index is 2.56. The molecule has 92 valence electrons. The Morgan fingerprint density at radius 2 is 2.06 bits per heavy atom. The highest BCUT2D eigenvalue weighted by Crippen LogP contribution is 2.47. The highest BCUT2D eigenvalue weighted by molar-refractivity contribution is 9.10. The van der Waals surface area contributed by atoms with Gasteiger partial charge in [0.2, 0.25) is 0 Å². The van der Waals surface area contributed by atoms with Crippen LogP contribution in [0.2, 0.25) is 0 Å². The van der Waals surface area contributed by atoms with Crippen molar-refractivity contribution >= 4 is 21.9 Å². The van der Waals surface area contributed by atoms with Crippen LogP contribution in [-0.4, -0.2) is 11.1 Å². The van der Waals surface area contributed by atoms with Gasteiger partial charge in [-0.25, -0.2) is 0 Å². The molecule has 1 aliphatic rings. The molecular weight excluding hydrogens is 280 g/mol. The molecule has 1 saturated carbocycles. The maximum Gasteiger partial charge on any atom is 0.314 e.